The lowest BCUT2D eigenvalue weighted by Gasteiger charge is -2.23. The Morgan fingerprint density at radius 3 is 2.76 bits per heavy atom. The minimum atomic E-state index is -0.234. The van der Waals surface area contributed by atoms with E-state index in [9.17, 15) is 4.79 Å². The molecule has 1 amide bonds. The van der Waals surface area contributed by atoms with Crippen LogP contribution >= 0.6 is 0 Å². The van der Waals surface area contributed by atoms with E-state index in [0.717, 1.165) is 42.9 Å². The highest BCUT2D eigenvalue weighted by Gasteiger charge is 2.30. The van der Waals surface area contributed by atoms with Crippen molar-refractivity contribution in [2.45, 2.75) is 51.6 Å². The first-order valence-electron chi connectivity index (χ1n) is 9.87. The van der Waals surface area contributed by atoms with Gasteiger partial charge in [-0.2, -0.15) is 10.2 Å². The maximum absolute atomic E-state index is 13.0. The van der Waals surface area contributed by atoms with Gasteiger partial charge in [-0.05, 0) is 44.7 Å². The van der Waals surface area contributed by atoms with Gasteiger partial charge >= 0.3 is 0 Å². The van der Waals surface area contributed by atoms with Crippen LogP contribution in [0.4, 0.5) is 5.82 Å². The molecule has 29 heavy (non-hydrogen) atoms. The zero-order chi connectivity index (χ0) is 20.2. The van der Waals surface area contributed by atoms with E-state index in [0.29, 0.717) is 11.4 Å². The number of aryl methyl sites for hydroxylation is 2. The molecule has 150 valence electrons. The van der Waals surface area contributed by atoms with Gasteiger partial charge in [-0.3, -0.25) is 9.78 Å². The van der Waals surface area contributed by atoms with Gasteiger partial charge in [-0.15, -0.1) is 4.80 Å². The molecule has 2 N–H and O–H groups in total. The van der Waals surface area contributed by atoms with E-state index in [2.05, 4.69) is 42.7 Å². The molecule has 0 spiro atoms. The van der Waals surface area contributed by atoms with Crippen molar-refractivity contribution in [3.05, 3.63) is 54.0 Å². The van der Waals surface area contributed by atoms with E-state index in [-0.39, 0.29) is 18.0 Å². The summed E-state index contributed by atoms with van der Waals surface area (Å²) in [6.07, 6.45) is 10.2. The summed E-state index contributed by atoms with van der Waals surface area (Å²) in [4.78, 5) is 27.7. The molecule has 0 aliphatic heterocycles. The van der Waals surface area contributed by atoms with Crippen LogP contribution in [0.3, 0.4) is 0 Å². The van der Waals surface area contributed by atoms with E-state index in [1.807, 2.05) is 6.92 Å². The van der Waals surface area contributed by atoms with Crippen LogP contribution in [0, 0.1) is 6.92 Å². The average molecular weight is 392 g/mol. The number of carbonyl (C=O) groups is 1. The van der Waals surface area contributed by atoms with Gasteiger partial charge in [0.1, 0.15) is 11.5 Å². The number of nitrogens with zero attached hydrogens (tertiary/aromatic N) is 6. The highest BCUT2D eigenvalue weighted by molar-refractivity contribution is 5.95. The third kappa shape index (κ3) is 4.08. The fraction of sp³-hybridized carbons (Fsp3) is 0.400. The zero-order valence-electron chi connectivity index (χ0n) is 16.5. The summed E-state index contributed by atoms with van der Waals surface area (Å²) in [6.45, 7) is 4.00. The molecule has 3 aromatic heterocycles. The molecule has 1 aliphatic rings. The summed E-state index contributed by atoms with van der Waals surface area (Å²) < 4.78 is 0. The number of pyridine rings is 1. The highest BCUT2D eigenvalue weighted by atomic mass is 16.2. The molecule has 0 radical (unpaired) electrons. The molecule has 1 aliphatic carbocycles. The monoisotopic (exact) mass is 392 g/mol. The fourth-order valence-electron chi connectivity index (χ4n) is 3.69. The predicted molar refractivity (Wildman–Crippen MR) is 108 cm³/mol. The number of aromatic nitrogens is 6. The summed E-state index contributed by atoms with van der Waals surface area (Å²) in [5.74, 6) is 0.561. The smallest absolute Gasteiger partial charge is 0.272 e. The van der Waals surface area contributed by atoms with Crippen molar-refractivity contribution < 1.29 is 4.79 Å². The Balaban J connectivity index is 1.50. The normalized spacial score (nSPS) is 18.6. The average Bonchev–Trinajstić information content (AvgIpc) is 3.42. The van der Waals surface area contributed by atoms with Crippen molar-refractivity contribution in [1.29, 1.82) is 0 Å². The van der Waals surface area contributed by atoms with E-state index in [4.69, 9.17) is 0 Å². The van der Waals surface area contributed by atoms with Gasteiger partial charge in [0.25, 0.3) is 5.91 Å². The van der Waals surface area contributed by atoms with Crippen LogP contribution in [0.15, 0.2) is 36.9 Å². The molecule has 0 aromatic carbocycles. The van der Waals surface area contributed by atoms with E-state index in [1.165, 1.54) is 4.80 Å². The van der Waals surface area contributed by atoms with Crippen molar-refractivity contribution in [3.63, 3.8) is 0 Å². The van der Waals surface area contributed by atoms with Gasteiger partial charge in [0.2, 0.25) is 0 Å². The maximum atomic E-state index is 13.0. The number of anilines is 1. The van der Waals surface area contributed by atoms with Gasteiger partial charge in [0, 0.05) is 18.3 Å². The summed E-state index contributed by atoms with van der Waals surface area (Å²) >= 11 is 0. The van der Waals surface area contributed by atoms with Gasteiger partial charge in [0.05, 0.1) is 30.0 Å². The predicted octanol–water partition coefficient (Wildman–Crippen LogP) is 2.09. The minimum absolute atomic E-state index is 0.0178. The molecule has 0 saturated heterocycles. The maximum Gasteiger partial charge on any atom is 0.272 e. The van der Waals surface area contributed by atoms with Crippen LogP contribution in [0.2, 0.25) is 0 Å². The molecule has 1 fully saturated rings. The number of hydrogen-bond donors (Lipinski definition) is 2. The second-order valence-electron chi connectivity index (χ2n) is 7.11. The van der Waals surface area contributed by atoms with Crippen molar-refractivity contribution in [3.8, 4) is 5.69 Å². The number of amides is 1. The number of hydrogen-bond acceptors (Lipinski definition) is 7. The van der Waals surface area contributed by atoms with Crippen molar-refractivity contribution in [2.24, 2.45) is 0 Å². The van der Waals surface area contributed by atoms with Crippen LogP contribution in [-0.2, 0) is 6.42 Å². The van der Waals surface area contributed by atoms with Gasteiger partial charge in [-0.25, -0.2) is 9.97 Å². The Hall–Kier alpha value is -3.36. The Morgan fingerprint density at radius 1 is 1.17 bits per heavy atom. The molecule has 2 atom stereocenters. The molecule has 3 heterocycles. The second-order valence-corrected chi connectivity index (χ2v) is 7.11. The Bertz CT molecular complexity index is 988. The molecule has 9 heteroatoms. The quantitative estimate of drug-likeness (QED) is 0.661. The Morgan fingerprint density at radius 2 is 1.97 bits per heavy atom. The molecule has 1 saturated carbocycles. The van der Waals surface area contributed by atoms with E-state index >= 15 is 0 Å². The molecule has 4 rings (SSSR count). The van der Waals surface area contributed by atoms with Crippen molar-refractivity contribution >= 4 is 11.7 Å². The lowest BCUT2D eigenvalue weighted by atomic mass is 10.1. The largest absolute Gasteiger partial charge is 0.364 e. The third-order valence-electron chi connectivity index (χ3n) is 5.09. The number of carbonyl (C=O) groups excluding carboxylic acids is 1. The molecule has 9 nitrogen and oxygen atoms in total. The standard InChI is InChI=1S/C20H24N8O/c1-3-14-19(22-12-13(2)25-14)26-15-6-4-7-16(15)27-20(29)18-17(8-5-9-21-18)28-23-10-11-24-28/h5,8-12,15-16H,3-4,6-7H2,1-2H3,(H,22,26)(H,27,29)/t15-,16-/m0/s1. The van der Waals surface area contributed by atoms with Crippen LogP contribution < -0.4 is 10.6 Å². The van der Waals surface area contributed by atoms with Crippen molar-refractivity contribution in [2.75, 3.05) is 5.32 Å². The van der Waals surface area contributed by atoms with Gasteiger partial charge in [0.15, 0.2) is 5.69 Å². The van der Waals surface area contributed by atoms with Crippen LogP contribution in [0.25, 0.3) is 5.69 Å². The fourth-order valence-corrected chi connectivity index (χ4v) is 3.69. The van der Waals surface area contributed by atoms with Crippen LogP contribution in [0.1, 0.15) is 48.1 Å². The summed E-state index contributed by atoms with van der Waals surface area (Å²) in [6, 6.07) is 3.62. The van der Waals surface area contributed by atoms with Gasteiger partial charge < -0.3 is 10.6 Å². The highest BCUT2D eigenvalue weighted by Crippen LogP contribution is 2.24. The second kappa shape index (κ2) is 8.34. The summed E-state index contributed by atoms with van der Waals surface area (Å²) in [5.41, 5.74) is 2.70. The minimum Gasteiger partial charge on any atom is -0.364 e. The topological polar surface area (TPSA) is 111 Å². The Labute approximate surface area is 169 Å². The number of rotatable bonds is 6. The van der Waals surface area contributed by atoms with E-state index in [1.54, 1.807) is 36.9 Å². The number of nitrogens with one attached hydrogen (secondary N) is 2. The summed E-state index contributed by atoms with van der Waals surface area (Å²) in [7, 11) is 0. The Kier molecular flexibility index (Phi) is 5.46. The van der Waals surface area contributed by atoms with Crippen molar-refractivity contribution in [1.82, 2.24) is 35.3 Å². The first kappa shape index (κ1) is 19.0. The lowest BCUT2D eigenvalue weighted by Crippen LogP contribution is -2.44. The van der Waals surface area contributed by atoms with Crippen LogP contribution in [-0.4, -0.2) is 47.9 Å². The molecule has 3 aromatic rings. The first-order chi connectivity index (χ1) is 14.2. The SMILES string of the molecule is CCc1nc(C)cnc1N[C@H]1CCC[C@@H]1NC(=O)c1ncccc1-n1nccn1. The first-order valence-corrected chi connectivity index (χ1v) is 9.87. The van der Waals surface area contributed by atoms with Crippen LogP contribution in [0.5, 0.6) is 0 Å². The molecular formula is C20H24N8O. The lowest BCUT2D eigenvalue weighted by molar-refractivity contribution is 0.0930. The molecular weight excluding hydrogens is 368 g/mol. The van der Waals surface area contributed by atoms with Gasteiger partial charge in [-0.1, -0.05) is 6.92 Å². The molecule has 0 bridgehead atoms. The zero-order valence-corrected chi connectivity index (χ0v) is 16.5. The third-order valence-corrected chi connectivity index (χ3v) is 5.09. The summed E-state index contributed by atoms with van der Waals surface area (Å²) in [5, 5.41) is 14.9. The molecule has 0 unspecified atom stereocenters. The van der Waals surface area contributed by atoms with E-state index < -0.39 is 0 Å².